The van der Waals surface area contributed by atoms with Crippen LogP contribution in [0.3, 0.4) is 0 Å². The molecule has 0 bridgehead atoms. The largest absolute Gasteiger partial charge is 0.310 e. The van der Waals surface area contributed by atoms with Gasteiger partial charge in [0, 0.05) is 23.0 Å². The maximum Gasteiger partial charge on any atom is 0.255 e. The minimum Gasteiger partial charge on any atom is -0.310 e. The lowest BCUT2D eigenvalue weighted by molar-refractivity contribution is 0.515. The second kappa shape index (κ2) is 5.89. The van der Waals surface area contributed by atoms with Gasteiger partial charge >= 0.3 is 0 Å². The van der Waals surface area contributed by atoms with Gasteiger partial charge in [0.1, 0.15) is 5.82 Å². The number of nitrogens with zero attached hydrogens (tertiary/aromatic N) is 1. The lowest BCUT2D eigenvalue weighted by atomic mass is 10.1. The summed E-state index contributed by atoms with van der Waals surface area (Å²) in [6.07, 6.45) is 2.10. The smallest absolute Gasteiger partial charge is 0.255 e. The summed E-state index contributed by atoms with van der Waals surface area (Å²) in [7, 11) is 0. The van der Waals surface area contributed by atoms with Gasteiger partial charge in [-0.25, -0.2) is 4.98 Å². The molecule has 0 saturated heterocycles. The second-order valence-electron chi connectivity index (χ2n) is 5.22. The minimum atomic E-state index is -0.0399. The molecule has 102 valence electrons. The van der Waals surface area contributed by atoms with Gasteiger partial charge in [0.25, 0.3) is 5.56 Å². The van der Waals surface area contributed by atoms with E-state index in [0.29, 0.717) is 5.82 Å². The summed E-state index contributed by atoms with van der Waals surface area (Å²) < 4.78 is 0.160. The molecule has 0 aliphatic heterocycles. The highest BCUT2D eigenvalue weighted by Gasteiger charge is 2.19. The molecule has 5 heteroatoms. The van der Waals surface area contributed by atoms with E-state index in [2.05, 4.69) is 35.4 Å². The van der Waals surface area contributed by atoms with Crippen molar-refractivity contribution in [2.45, 2.75) is 45.4 Å². The maximum atomic E-state index is 12.0. The summed E-state index contributed by atoms with van der Waals surface area (Å²) in [5, 5.41) is 3.41. The van der Waals surface area contributed by atoms with Crippen molar-refractivity contribution < 1.29 is 0 Å². The molecule has 1 aromatic rings. The zero-order chi connectivity index (χ0) is 13.9. The van der Waals surface area contributed by atoms with Gasteiger partial charge in [-0.3, -0.25) is 4.79 Å². The summed E-state index contributed by atoms with van der Waals surface area (Å²) in [5.74, 6) is 0.665. The monoisotopic (exact) mass is 269 g/mol. The number of aromatic amines is 1. The second-order valence-corrected chi connectivity index (χ2v) is 6.73. The van der Waals surface area contributed by atoms with Gasteiger partial charge in [0.2, 0.25) is 0 Å². The molecule has 1 rings (SSSR count). The van der Waals surface area contributed by atoms with Crippen LogP contribution in [0.25, 0.3) is 0 Å². The van der Waals surface area contributed by atoms with E-state index in [1.165, 1.54) is 0 Å². The highest BCUT2D eigenvalue weighted by molar-refractivity contribution is 7.99. The standard InChI is InChI=1S/C13H23N3OS/c1-8(14-7-13(4,5)18-6)11-9(2)15-10(3)16-12(11)17/h8,14H,7H2,1-6H3,(H,15,16,17). The molecule has 0 aliphatic rings. The normalized spacial score (nSPS) is 13.7. The molecule has 18 heavy (non-hydrogen) atoms. The molecule has 0 spiro atoms. The Morgan fingerprint density at radius 1 is 1.44 bits per heavy atom. The molecule has 1 aromatic heterocycles. The van der Waals surface area contributed by atoms with Crippen molar-refractivity contribution in [1.82, 2.24) is 15.3 Å². The first kappa shape index (κ1) is 15.2. The van der Waals surface area contributed by atoms with Gasteiger partial charge in [0.15, 0.2) is 0 Å². The van der Waals surface area contributed by atoms with Crippen molar-refractivity contribution >= 4 is 11.8 Å². The van der Waals surface area contributed by atoms with E-state index in [0.717, 1.165) is 17.8 Å². The molecule has 0 radical (unpaired) electrons. The lowest BCUT2D eigenvalue weighted by Gasteiger charge is -2.25. The van der Waals surface area contributed by atoms with Crippen molar-refractivity contribution in [3.8, 4) is 0 Å². The topological polar surface area (TPSA) is 57.8 Å². The third-order valence-corrected chi connectivity index (χ3v) is 4.33. The van der Waals surface area contributed by atoms with Crippen molar-refractivity contribution in [3.05, 3.63) is 27.4 Å². The molecule has 1 atom stereocenters. The van der Waals surface area contributed by atoms with E-state index < -0.39 is 0 Å². The minimum absolute atomic E-state index is 0.00766. The van der Waals surface area contributed by atoms with Crippen LogP contribution in [0.5, 0.6) is 0 Å². The van der Waals surface area contributed by atoms with Crippen LogP contribution >= 0.6 is 11.8 Å². The Bertz CT molecular complexity index is 468. The van der Waals surface area contributed by atoms with Gasteiger partial charge in [-0.1, -0.05) is 0 Å². The van der Waals surface area contributed by atoms with E-state index in [4.69, 9.17) is 0 Å². The molecule has 0 fully saturated rings. The van der Waals surface area contributed by atoms with Crippen molar-refractivity contribution in [2.24, 2.45) is 0 Å². The number of nitrogens with one attached hydrogen (secondary N) is 2. The SMILES string of the molecule is CSC(C)(C)CNC(C)c1c(C)nc(C)[nH]c1=O. The quantitative estimate of drug-likeness (QED) is 0.860. The van der Waals surface area contributed by atoms with Crippen LogP contribution in [0.4, 0.5) is 0 Å². The first-order valence-electron chi connectivity index (χ1n) is 6.13. The van der Waals surface area contributed by atoms with E-state index in [9.17, 15) is 4.79 Å². The first-order chi connectivity index (χ1) is 8.26. The average molecular weight is 269 g/mol. The van der Waals surface area contributed by atoms with E-state index >= 15 is 0 Å². The summed E-state index contributed by atoms with van der Waals surface area (Å²) in [4.78, 5) is 19.0. The fourth-order valence-corrected chi connectivity index (χ4v) is 2.05. The number of hydrogen-bond donors (Lipinski definition) is 2. The number of H-pyrrole nitrogens is 1. The fraction of sp³-hybridized carbons (Fsp3) is 0.692. The predicted molar refractivity (Wildman–Crippen MR) is 78.3 cm³/mol. The summed E-state index contributed by atoms with van der Waals surface area (Å²) in [6, 6.07) is 0.00766. The number of aromatic nitrogens is 2. The van der Waals surface area contributed by atoms with Gasteiger partial charge in [-0.2, -0.15) is 11.8 Å². The summed E-state index contributed by atoms with van der Waals surface area (Å²) in [5.41, 5.74) is 1.50. The molecule has 1 unspecified atom stereocenters. The van der Waals surface area contributed by atoms with Crippen molar-refractivity contribution in [1.29, 1.82) is 0 Å². The van der Waals surface area contributed by atoms with Crippen LogP contribution in [0.1, 0.15) is 43.9 Å². The Hall–Kier alpha value is -0.810. The molecule has 4 nitrogen and oxygen atoms in total. The van der Waals surface area contributed by atoms with Crippen LogP contribution in [0, 0.1) is 13.8 Å². The molecular formula is C13H23N3OS. The van der Waals surface area contributed by atoms with Gasteiger partial charge in [0.05, 0.1) is 5.56 Å². The molecule has 0 saturated carbocycles. The van der Waals surface area contributed by atoms with E-state index in [1.54, 1.807) is 6.92 Å². The van der Waals surface area contributed by atoms with Crippen LogP contribution in [0.2, 0.25) is 0 Å². The first-order valence-corrected chi connectivity index (χ1v) is 7.35. The van der Waals surface area contributed by atoms with Gasteiger partial charge < -0.3 is 10.3 Å². The molecule has 0 aromatic carbocycles. The van der Waals surface area contributed by atoms with Crippen LogP contribution < -0.4 is 10.9 Å². The molecule has 1 heterocycles. The average Bonchev–Trinajstić information content (AvgIpc) is 2.25. The number of hydrogen-bond acceptors (Lipinski definition) is 4. The fourth-order valence-electron chi connectivity index (χ4n) is 1.82. The Morgan fingerprint density at radius 3 is 2.56 bits per heavy atom. The Labute approximate surface area is 113 Å². The third kappa shape index (κ3) is 3.85. The van der Waals surface area contributed by atoms with Crippen LogP contribution in [-0.2, 0) is 0 Å². The highest BCUT2D eigenvalue weighted by Crippen LogP contribution is 2.21. The number of aryl methyl sites for hydroxylation is 2. The molecular weight excluding hydrogens is 246 g/mol. The molecule has 0 aliphatic carbocycles. The molecule has 2 N–H and O–H groups in total. The van der Waals surface area contributed by atoms with E-state index in [-0.39, 0.29) is 16.3 Å². The predicted octanol–water partition coefficient (Wildman–Crippen LogP) is 2.18. The zero-order valence-corrected chi connectivity index (χ0v) is 12.9. The van der Waals surface area contributed by atoms with E-state index in [1.807, 2.05) is 25.6 Å². The Kier molecular flexibility index (Phi) is 4.99. The Balaban J connectivity index is 2.86. The summed E-state index contributed by atoms with van der Waals surface area (Å²) >= 11 is 1.81. The van der Waals surface area contributed by atoms with Crippen molar-refractivity contribution in [2.75, 3.05) is 12.8 Å². The van der Waals surface area contributed by atoms with Gasteiger partial charge in [-0.05, 0) is 40.9 Å². The number of thioether (sulfide) groups is 1. The third-order valence-electron chi connectivity index (χ3n) is 3.08. The van der Waals surface area contributed by atoms with Crippen LogP contribution in [-0.4, -0.2) is 27.5 Å². The Morgan fingerprint density at radius 2 is 2.06 bits per heavy atom. The number of rotatable bonds is 5. The highest BCUT2D eigenvalue weighted by atomic mass is 32.2. The van der Waals surface area contributed by atoms with Crippen LogP contribution in [0.15, 0.2) is 4.79 Å². The summed E-state index contributed by atoms with van der Waals surface area (Å²) in [6.45, 7) is 10.9. The maximum absolute atomic E-state index is 12.0. The van der Waals surface area contributed by atoms with Gasteiger partial charge in [-0.15, -0.1) is 0 Å². The molecule has 0 amide bonds. The zero-order valence-electron chi connectivity index (χ0n) is 12.0. The van der Waals surface area contributed by atoms with Crippen molar-refractivity contribution in [3.63, 3.8) is 0 Å². The lowest BCUT2D eigenvalue weighted by Crippen LogP contribution is -2.36.